The van der Waals surface area contributed by atoms with Crippen molar-refractivity contribution in [2.24, 2.45) is 0 Å². The lowest BCUT2D eigenvalue weighted by Crippen LogP contribution is -2.01. The summed E-state index contributed by atoms with van der Waals surface area (Å²) in [5.74, 6) is 0. The fourth-order valence-corrected chi connectivity index (χ4v) is 3.22. The predicted molar refractivity (Wildman–Crippen MR) is 85.5 cm³/mol. The molecule has 0 radical (unpaired) electrons. The molecule has 0 fully saturated rings. The van der Waals surface area contributed by atoms with E-state index in [1.165, 1.54) is 5.56 Å². The number of fused-ring (bicyclic) bond motifs is 2. The lowest BCUT2D eigenvalue weighted by Gasteiger charge is -2.15. The van der Waals surface area contributed by atoms with E-state index in [4.69, 9.17) is 0 Å². The van der Waals surface area contributed by atoms with Crippen molar-refractivity contribution < 1.29 is 4.39 Å². The van der Waals surface area contributed by atoms with Gasteiger partial charge in [-0.25, -0.2) is 4.39 Å². The van der Waals surface area contributed by atoms with Crippen LogP contribution in [0.25, 0.3) is 10.8 Å². The highest BCUT2D eigenvalue weighted by Gasteiger charge is 2.22. The van der Waals surface area contributed by atoms with Crippen LogP contribution in [0.3, 0.4) is 0 Å². The lowest BCUT2D eigenvalue weighted by atomic mass is 9.95. The summed E-state index contributed by atoms with van der Waals surface area (Å²) >= 11 is 0. The van der Waals surface area contributed by atoms with Gasteiger partial charge in [-0.3, -0.25) is 0 Å². The minimum atomic E-state index is -1.10. The Balaban J connectivity index is 1.88. The van der Waals surface area contributed by atoms with Crippen molar-refractivity contribution >= 4 is 16.5 Å². The van der Waals surface area contributed by atoms with Crippen LogP contribution in [0, 0.1) is 0 Å². The summed E-state index contributed by atoms with van der Waals surface area (Å²) in [6, 6.07) is 19.7. The fraction of sp³-hybridized carbons (Fsp3) is 0.158. The second-order valence-corrected chi connectivity index (χ2v) is 5.49. The van der Waals surface area contributed by atoms with Crippen LogP contribution in [0.15, 0.2) is 60.7 Å². The Morgan fingerprint density at radius 2 is 1.62 bits per heavy atom. The topological polar surface area (TPSA) is 12.0 Å². The van der Waals surface area contributed by atoms with Gasteiger partial charge >= 0.3 is 0 Å². The maximum atomic E-state index is 15.2. The van der Waals surface area contributed by atoms with Crippen LogP contribution in [0.1, 0.15) is 22.9 Å². The Morgan fingerprint density at radius 1 is 0.857 bits per heavy atom. The molecule has 4 rings (SSSR count). The number of benzene rings is 3. The van der Waals surface area contributed by atoms with Crippen LogP contribution >= 0.6 is 0 Å². The first-order chi connectivity index (χ1) is 10.3. The SMILES string of the molecule is FC(c1cccc2c1NCC2)c1cccc2ccccc12. The molecule has 0 saturated carbocycles. The van der Waals surface area contributed by atoms with E-state index in [1.807, 2.05) is 54.6 Å². The van der Waals surface area contributed by atoms with Crippen LogP contribution < -0.4 is 5.32 Å². The van der Waals surface area contributed by atoms with Gasteiger partial charge in [0.25, 0.3) is 0 Å². The van der Waals surface area contributed by atoms with Crippen LogP contribution in [-0.4, -0.2) is 6.54 Å². The smallest absolute Gasteiger partial charge is 0.153 e. The molecule has 3 aromatic rings. The Labute approximate surface area is 123 Å². The molecule has 21 heavy (non-hydrogen) atoms. The van der Waals surface area contributed by atoms with Crippen molar-refractivity contribution in [1.82, 2.24) is 0 Å². The van der Waals surface area contributed by atoms with Gasteiger partial charge in [0, 0.05) is 17.8 Å². The van der Waals surface area contributed by atoms with Gasteiger partial charge in [0.1, 0.15) is 0 Å². The molecule has 104 valence electrons. The summed E-state index contributed by atoms with van der Waals surface area (Å²) in [6.45, 7) is 0.897. The number of para-hydroxylation sites is 1. The minimum Gasteiger partial charge on any atom is -0.384 e. The monoisotopic (exact) mass is 277 g/mol. The molecule has 3 aromatic carbocycles. The van der Waals surface area contributed by atoms with E-state index in [0.29, 0.717) is 0 Å². The number of hydrogen-bond acceptors (Lipinski definition) is 1. The number of anilines is 1. The molecule has 0 amide bonds. The summed E-state index contributed by atoms with van der Waals surface area (Å²) in [5, 5.41) is 5.40. The Bertz CT molecular complexity index is 804. The Kier molecular flexibility index (Phi) is 2.88. The van der Waals surface area contributed by atoms with Gasteiger partial charge in [0.05, 0.1) is 0 Å². The molecule has 1 aliphatic rings. The van der Waals surface area contributed by atoms with E-state index in [0.717, 1.165) is 40.6 Å². The molecule has 1 nitrogen and oxygen atoms in total. The highest BCUT2D eigenvalue weighted by molar-refractivity contribution is 5.86. The third kappa shape index (κ3) is 1.99. The predicted octanol–water partition coefficient (Wildman–Crippen LogP) is 4.87. The maximum Gasteiger partial charge on any atom is 0.153 e. The van der Waals surface area contributed by atoms with E-state index < -0.39 is 6.17 Å². The minimum absolute atomic E-state index is 0.746. The van der Waals surface area contributed by atoms with Crippen LogP contribution in [0.2, 0.25) is 0 Å². The summed E-state index contributed by atoms with van der Waals surface area (Å²) in [5.41, 5.74) is 3.70. The van der Waals surface area contributed by atoms with Crippen molar-refractivity contribution in [3.05, 3.63) is 77.4 Å². The molecule has 1 heterocycles. The quantitative estimate of drug-likeness (QED) is 0.705. The Morgan fingerprint density at radius 3 is 2.57 bits per heavy atom. The van der Waals surface area contributed by atoms with E-state index in [9.17, 15) is 0 Å². The lowest BCUT2D eigenvalue weighted by molar-refractivity contribution is 0.405. The number of alkyl halides is 1. The number of halogens is 1. The third-order valence-corrected chi connectivity index (χ3v) is 4.25. The number of nitrogens with one attached hydrogen (secondary N) is 1. The molecule has 1 atom stereocenters. The second kappa shape index (κ2) is 4.88. The van der Waals surface area contributed by atoms with E-state index in [-0.39, 0.29) is 0 Å². The van der Waals surface area contributed by atoms with E-state index >= 15 is 4.39 Å². The fourth-order valence-electron chi connectivity index (χ4n) is 3.22. The average Bonchev–Trinajstić information content (AvgIpc) is 3.02. The zero-order valence-corrected chi connectivity index (χ0v) is 11.6. The molecule has 0 aliphatic carbocycles. The van der Waals surface area contributed by atoms with Crippen LogP contribution in [0.4, 0.5) is 10.1 Å². The zero-order chi connectivity index (χ0) is 14.2. The summed E-state index contributed by atoms with van der Waals surface area (Å²) in [7, 11) is 0. The van der Waals surface area contributed by atoms with E-state index in [1.54, 1.807) is 0 Å². The number of rotatable bonds is 2. The standard InChI is InChI=1S/C19H16FN/c20-18(17-10-4-7-14-11-12-21-19(14)17)16-9-3-6-13-5-1-2-8-15(13)16/h1-10,18,21H,11-12H2. The molecule has 1 N–H and O–H groups in total. The first-order valence-electron chi connectivity index (χ1n) is 7.32. The van der Waals surface area contributed by atoms with Gasteiger partial charge in [-0.1, -0.05) is 60.7 Å². The second-order valence-electron chi connectivity index (χ2n) is 5.49. The van der Waals surface area contributed by atoms with Crippen molar-refractivity contribution in [1.29, 1.82) is 0 Å². The van der Waals surface area contributed by atoms with Crippen molar-refractivity contribution in [3.63, 3.8) is 0 Å². The van der Waals surface area contributed by atoms with Crippen molar-refractivity contribution in [2.45, 2.75) is 12.6 Å². The first-order valence-corrected chi connectivity index (χ1v) is 7.32. The average molecular weight is 277 g/mol. The van der Waals surface area contributed by atoms with E-state index in [2.05, 4.69) is 11.4 Å². The van der Waals surface area contributed by atoms with Gasteiger partial charge in [-0.05, 0) is 28.3 Å². The van der Waals surface area contributed by atoms with Crippen molar-refractivity contribution in [2.75, 3.05) is 11.9 Å². The van der Waals surface area contributed by atoms with Gasteiger partial charge in [0.15, 0.2) is 6.17 Å². The highest BCUT2D eigenvalue weighted by atomic mass is 19.1. The van der Waals surface area contributed by atoms with Gasteiger partial charge in [0.2, 0.25) is 0 Å². The first kappa shape index (κ1) is 12.4. The molecule has 1 aliphatic heterocycles. The maximum absolute atomic E-state index is 15.2. The molecule has 0 spiro atoms. The van der Waals surface area contributed by atoms with Crippen molar-refractivity contribution in [3.8, 4) is 0 Å². The normalized spacial score (nSPS) is 14.7. The molecule has 1 unspecified atom stereocenters. The molecular formula is C19H16FN. The molecule has 2 heteroatoms. The van der Waals surface area contributed by atoms with Gasteiger partial charge in [-0.15, -0.1) is 0 Å². The molecule has 0 bridgehead atoms. The summed E-state index contributed by atoms with van der Waals surface area (Å²) in [6.07, 6.45) is -0.123. The Hall–Kier alpha value is -2.35. The van der Waals surface area contributed by atoms with Gasteiger partial charge < -0.3 is 5.32 Å². The molecule has 0 aromatic heterocycles. The summed E-state index contributed by atoms with van der Waals surface area (Å²) < 4.78 is 15.2. The molecular weight excluding hydrogens is 261 g/mol. The third-order valence-electron chi connectivity index (χ3n) is 4.25. The highest BCUT2D eigenvalue weighted by Crippen LogP contribution is 2.38. The largest absolute Gasteiger partial charge is 0.384 e. The number of hydrogen-bond donors (Lipinski definition) is 1. The van der Waals surface area contributed by atoms with Gasteiger partial charge in [-0.2, -0.15) is 0 Å². The summed E-state index contributed by atoms with van der Waals surface area (Å²) in [4.78, 5) is 0. The molecule has 0 saturated heterocycles. The zero-order valence-electron chi connectivity index (χ0n) is 11.6. The van der Waals surface area contributed by atoms with Crippen LogP contribution in [-0.2, 0) is 6.42 Å². The van der Waals surface area contributed by atoms with Crippen LogP contribution in [0.5, 0.6) is 0 Å².